The Kier molecular flexibility index (Phi) is 5.25. The molecule has 0 bridgehead atoms. The quantitative estimate of drug-likeness (QED) is 0.800. The molecule has 2 rings (SSSR count). The second-order valence-corrected chi connectivity index (χ2v) is 5.19. The summed E-state index contributed by atoms with van der Waals surface area (Å²) in [5.41, 5.74) is 1.86. The maximum absolute atomic E-state index is 12.3. The predicted molar refractivity (Wildman–Crippen MR) is 85.3 cm³/mol. The summed E-state index contributed by atoms with van der Waals surface area (Å²) in [6.07, 6.45) is 0.161. The van der Waals surface area contributed by atoms with Crippen molar-refractivity contribution in [3.8, 4) is 0 Å². The highest BCUT2D eigenvalue weighted by Gasteiger charge is 2.19. The molecule has 1 atom stereocenters. The Balaban J connectivity index is 2.11. The summed E-state index contributed by atoms with van der Waals surface area (Å²) in [5.74, 6) is -1.58. The zero-order chi connectivity index (χ0) is 16.8. The zero-order valence-corrected chi connectivity index (χ0v) is 12.7. The number of hydrogen-bond donors (Lipinski definition) is 2. The van der Waals surface area contributed by atoms with Crippen LogP contribution in [0.15, 0.2) is 54.6 Å². The van der Waals surface area contributed by atoms with Crippen molar-refractivity contribution in [3.63, 3.8) is 0 Å². The number of aliphatic carboxylic acids is 1. The van der Waals surface area contributed by atoms with Gasteiger partial charge in [0.25, 0.3) is 0 Å². The molecule has 0 fully saturated rings. The third-order valence-electron chi connectivity index (χ3n) is 3.37. The maximum atomic E-state index is 12.3. The smallest absolute Gasteiger partial charge is 0.326 e. The standard InChI is InChI=1S/C18H17NO4/c1-12(20)19-16(18(22)23)11-13-7-9-15(10-8-13)17(21)14-5-3-2-4-6-14/h2-10,16H,11H2,1H3,(H,19,20)(H,22,23)/t16-/m1/s1. The molecule has 0 aliphatic rings. The topological polar surface area (TPSA) is 83.5 Å². The van der Waals surface area contributed by atoms with Gasteiger partial charge in [0.15, 0.2) is 5.78 Å². The van der Waals surface area contributed by atoms with E-state index < -0.39 is 17.9 Å². The van der Waals surface area contributed by atoms with E-state index in [4.69, 9.17) is 5.11 Å². The Morgan fingerprint density at radius 1 is 0.957 bits per heavy atom. The Hall–Kier alpha value is -2.95. The van der Waals surface area contributed by atoms with Crippen LogP contribution in [0.5, 0.6) is 0 Å². The summed E-state index contributed by atoms with van der Waals surface area (Å²) in [6.45, 7) is 1.28. The molecule has 0 spiro atoms. The van der Waals surface area contributed by atoms with Gasteiger partial charge in [0, 0.05) is 24.5 Å². The van der Waals surface area contributed by atoms with Gasteiger partial charge in [0.1, 0.15) is 6.04 Å². The van der Waals surface area contributed by atoms with Crippen LogP contribution >= 0.6 is 0 Å². The van der Waals surface area contributed by atoms with Crippen molar-refractivity contribution in [3.05, 3.63) is 71.3 Å². The summed E-state index contributed by atoms with van der Waals surface area (Å²) >= 11 is 0. The van der Waals surface area contributed by atoms with Gasteiger partial charge < -0.3 is 10.4 Å². The third kappa shape index (κ3) is 4.51. The summed E-state index contributed by atoms with van der Waals surface area (Å²) in [7, 11) is 0. The lowest BCUT2D eigenvalue weighted by Crippen LogP contribution is -2.41. The Labute approximate surface area is 134 Å². The number of rotatable bonds is 6. The molecule has 0 unspecified atom stereocenters. The normalized spacial score (nSPS) is 11.5. The van der Waals surface area contributed by atoms with E-state index in [1.54, 1.807) is 48.5 Å². The number of ketones is 1. The number of carbonyl (C=O) groups excluding carboxylic acids is 2. The molecule has 0 radical (unpaired) electrons. The summed E-state index contributed by atoms with van der Waals surface area (Å²) in [5, 5.41) is 11.5. The first-order chi connectivity index (χ1) is 11.0. The molecule has 0 aliphatic heterocycles. The number of carbonyl (C=O) groups is 3. The first-order valence-electron chi connectivity index (χ1n) is 7.16. The molecule has 1 amide bonds. The van der Waals surface area contributed by atoms with E-state index in [2.05, 4.69) is 5.32 Å². The minimum absolute atomic E-state index is 0.0891. The van der Waals surface area contributed by atoms with E-state index in [0.717, 1.165) is 5.56 Å². The Morgan fingerprint density at radius 3 is 2.04 bits per heavy atom. The van der Waals surface area contributed by atoms with Crippen LogP contribution in [0, 0.1) is 0 Å². The van der Waals surface area contributed by atoms with Gasteiger partial charge in [-0.15, -0.1) is 0 Å². The van der Waals surface area contributed by atoms with E-state index in [0.29, 0.717) is 11.1 Å². The summed E-state index contributed by atoms with van der Waals surface area (Å²) in [4.78, 5) is 34.4. The van der Waals surface area contributed by atoms with Crippen LogP contribution in [0.3, 0.4) is 0 Å². The van der Waals surface area contributed by atoms with Crippen molar-refractivity contribution in [1.82, 2.24) is 5.32 Å². The molecular formula is C18H17NO4. The van der Waals surface area contributed by atoms with Gasteiger partial charge in [-0.3, -0.25) is 9.59 Å². The van der Waals surface area contributed by atoms with Crippen LogP contribution in [-0.2, 0) is 16.0 Å². The molecule has 118 valence electrons. The molecule has 0 heterocycles. The van der Waals surface area contributed by atoms with Gasteiger partial charge in [0.05, 0.1) is 0 Å². The van der Waals surface area contributed by atoms with Gasteiger partial charge in [-0.05, 0) is 5.56 Å². The predicted octanol–water partition coefficient (Wildman–Crippen LogP) is 2.05. The van der Waals surface area contributed by atoms with Crippen LogP contribution in [-0.4, -0.2) is 28.8 Å². The summed E-state index contributed by atoms with van der Waals surface area (Å²) in [6, 6.07) is 14.7. The van der Waals surface area contributed by atoms with Crippen LogP contribution in [0.2, 0.25) is 0 Å². The largest absolute Gasteiger partial charge is 0.480 e. The number of hydrogen-bond acceptors (Lipinski definition) is 3. The van der Waals surface area contributed by atoms with Crippen LogP contribution in [0.4, 0.5) is 0 Å². The molecule has 0 saturated heterocycles. The SMILES string of the molecule is CC(=O)N[C@H](Cc1ccc(C(=O)c2ccccc2)cc1)C(=O)O. The van der Waals surface area contributed by atoms with Gasteiger partial charge in [-0.1, -0.05) is 54.6 Å². The van der Waals surface area contributed by atoms with Crippen molar-refractivity contribution >= 4 is 17.7 Å². The Bertz CT molecular complexity index is 708. The van der Waals surface area contributed by atoms with Gasteiger partial charge in [-0.25, -0.2) is 4.79 Å². The Morgan fingerprint density at radius 2 is 1.52 bits per heavy atom. The molecule has 0 aromatic heterocycles. The lowest BCUT2D eigenvalue weighted by atomic mass is 9.99. The number of benzene rings is 2. The fourth-order valence-electron chi connectivity index (χ4n) is 2.23. The highest BCUT2D eigenvalue weighted by atomic mass is 16.4. The number of carboxylic acids is 1. The lowest BCUT2D eigenvalue weighted by Gasteiger charge is -2.13. The molecule has 23 heavy (non-hydrogen) atoms. The average Bonchev–Trinajstić information content (AvgIpc) is 2.54. The molecule has 0 saturated carbocycles. The van der Waals surface area contributed by atoms with Crippen molar-refractivity contribution in [2.24, 2.45) is 0 Å². The van der Waals surface area contributed by atoms with Crippen LogP contribution < -0.4 is 5.32 Å². The molecular weight excluding hydrogens is 294 g/mol. The second kappa shape index (κ2) is 7.35. The highest BCUT2D eigenvalue weighted by molar-refractivity contribution is 6.08. The molecule has 2 aromatic carbocycles. The fourth-order valence-corrected chi connectivity index (χ4v) is 2.23. The van der Waals surface area contributed by atoms with E-state index in [9.17, 15) is 14.4 Å². The van der Waals surface area contributed by atoms with Crippen LogP contribution in [0.25, 0.3) is 0 Å². The first-order valence-corrected chi connectivity index (χ1v) is 7.16. The highest BCUT2D eigenvalue weighted by Crippen LogP contribution is 2.12. The van der Waals surface area contributed by atoms with E-state index in [1.807, 2.05) is 6.07 Å². The number of amides is 1. The molecule has 5 nitrogen and oxygen atoms in total. The lowest BCUT2D eigenvalue weighted by molar-refractivity contribution is -0.141. The van der Waals surface area contributed by atoms with E-state index in [-0.39, 0.29) is 12.2 Å². The number of carboxylic acid groups (broad SMARTS) is 1. The first kappa shape index (κ1) is 16.4. The summed E-state index contributed by atoms with van der Waals surface area (Å²) < 4.78 is 0. The average molecular weight is 311 g/mol. The minimum Gasteiger partial charge on any atom is -0.480 e. The monoisotopic (exact) mass is 311 g/mol. The minimum atomic E-state index is -1.09. The molecule has 2 N–H and O–H groups in total. The van der Waals surface area contributed by atoms with Gasteiger partial charge >= 0.3 is 5.97 Å². The molecule has 2 aromatic rings. The van der Waals surface area contributed by atoms with E-state index >= 15 is 0 Å². The molecule has 0 aliphatic carbocycles. The van der Waals surface area contributed by atoms with E-state index in [1.165, 1.54) is 6.92 Å². The third-order valence-corrected chi connectivity index (χ3v) is 3.37. The second-order valence-electron chi connectivity index (χ2n) is 5.19. The van der Waals surface area contributed by atoms with Crippen molar-refractivity contribution in [2.75, 3.05) is 0 Å². The van der Waals surface area contributed by atoms with Crippen molar-refractivity contribution in [2.45, 2.75) is 19.4 Å². The molecule has 5 heteroatoms. The number of nitrogens with one attached hydrogen (secondary N) is 1. The van der Waals surface area contributed by atoms with Gasteiger partial charge in [0.2, 0.25) is 5.91 Å². The maximum Gasteiger partial charge on any atom is 0.326 e. The van der Waals surface area contributed by atoms with Gasteiger partial charge in [-0.2, -0.15) is 0 Å². The van der Waals surface area contributed by atoms with Crippen LogP contribution in [0.1, 0.15) is 28.4 Å². The van der Waals surface area contributed by atoms with Crippen molar-refractivity contribution in [1.29, 1.82) is 0 Å². The fraction of sp³-hybridized carbons (Fsp3) is 0.167. The zero-order valence-electron chi connectivity index (χ0n) is 12.7. The van der Waals surface area contributed by atoms with Crippen molar-refractivity contribution < 1.29 is 19.5 Å².